The van der Waals surface area contributed by atoms with E-state index in [9.17, 15) is 4.79 Å². The largest absolute Gasteiger partial charge is 0.460 e. The van der Waals surface area contributed by atoms with Gasteiger partial charge in [0, 0.05) is 11.8 Å². The van der Waals surface area contributed by atoms with Gasteiger partial charge in [0.1, 0.15) is 6.61 Å². The summed E-state index contributed by atoms with van der Waals surface area (Å²) >= 11 is 0. The molecule has 0 saturated heterocycles. The zero-order chi connectivity index (χ0) is 9.68. The molecular formula is C10H15NO2. The standard InChI is InChI=1S/C10H15NO2/c1-8(2)10(12)13-6-5-11-7-9-3-4-9/h7,9H,1,3-6H2,2H3. The van der Waals surface area contributed by atoms with Crippen molar-refractivity contribution in [1.82, 2.24) is 0 Å². The maximum absolute atomic E-state index is 10.9. The molecule has 0 bridgehead atoms. The fraction of sp³-hybridized carbons (Fsp3) is 0.600. The quantitative estimate of drug-likeness (QED) is 0.279. The van der Waals surface area contributed by atoms with E-state index in [1.165, 1.54) is 12.8 Å². The van der Waals surface area contributed by atoms with E-state index in [0.29, 0.717) is 24.6 Å². The Morgan fingerprint density at radius 2 is 2.38 bits per heavy atom. The lowest BCUT2D eigenvalue weighted by molar-refractivity contribution is -0.138. The molecule has 0 heterocycles. The summed E-state index contributed by atoms with van der Waals surface area (Å²) in [5, 5.41) is 0. The van der Waals surface area contributed by atoms with Gasteiger partial charge in [0.25, 0.3) is 0 Å². The summed E-state index contributed by atoms with van der Waals surface area (Å²) in [7, 11) is 0. The second-order valence-corrected chi connectivity index (χ2v) is 3.31. The molecule has 1 fully saturated rings. The molecular weight excluding hydrogens is 166 g/mol. The third-order valence-corrected chi connectivity index (χ3v) is 1.74. The van der Waals surface area contributed by atoms with E-state index in [4.69, 9.17) is 4.74 Å². The highest BCUT2D eigenvalue weighted by molar-refractivity contribution is 5.86. The molecule has 0 spiro atoms. The van der Waals surface area contributed by atoms with Crippen LogP contribution in [0.1, 0.15) is 19.8 Å². The van der Waals surface area contributed by atoms with Crippen molar-refractivity contribution in [2.75, 3.05) is 13.2 Å². The number of rotatable bonds is 5. The fourth-order valence-corrected chi connectivity index (χ4v) is 0.783. The van der Waals surface area contributed by atoms with E-state index >= 15 is 0 Å². The zero-order valence-corrected chi connectivity index (χ0v) is 7.95. The molecule has 1 saturated carbocycles. The van der Waals surface area contributed by atoms with E-state index in [2.05, 4.69) is 11.6 Å². The number of aliphatic imine (C=N–C) groups is 1. The van der Waals surface area contributed by atoms with E-state index < -0.39 is 0 Å². The topological polar surface area (TPSA) is 38.7 Å². The normalized spacial score (nSPS) is 16.1. The number of ether oxygens (including phenoxy) is 1. The Morgan fingerprint density at radius 3 is 2.92 bits per heavy atom. The summed E-state index contributed by atoms with van der Waals surface area (Å²) in [6.45, 7) is 6.03. The predicted molar refractivity (Wildman–Crippen MR) is 51.9 cm³/mol. The molecule has 0 aromatic rings. The summed E-state index contributed by atoms with van der Waals surface area (Å²) in [5.41, 5.74) is 0.436. The van der Waals surface area contributed by atoms with Crippen molar-refractivity contribution in [3.8, 4) is 0 Å². The Labute approximate surface area is 78.5 Å². The minimum absolute atomic E-state index is 0.332. The first-order chi connectivity index (χ1) is 6.20. The van der Waals surface area contributed by atoms with Gasteiger partial charge in [-0.3, -0.25) is 4.99 Å². The Hall–Kier alpha value is -1.12. The molecule has 72 valence electrons. The van der Waals surface area contributed by atoms with Crippen LogP contribution in [0.2, 0.25) is 0 Å². The lowest BCUT2D eigenvalue weighted by Gasteiger charge is -2.00. The van der Waals surface area contributed by atoms with Crippen molar-refractivity contribution in [3.05, 3.63) is 12.2 Å². The number of carbonyl (C=O) groups excluding carboxylic acids is 1. The van der Waals surface area contributed by atoms with Crippen LogP contribution in [-0.4, -0.2) is 25.3 Å². The molecule has 1 aliphatic carbocycles. The van der Waals surface area contributed by atoms with Crippen molar-refractivity contribution in [3.63, 3.8) is 0 Å². The van der Waals surface area contributed by atoms with E-state index in [-0.39, 0.29) is 5.97 Å². The highest BCUT2D eigenvalue weighted by Gasteiger charge is 2.17. The third kappa shape index (κ3) is 4.45. The first-order valence-electron chi connectivity index (χ1n) is 4.52. The van der Waals surface area contributed by atoms with Crippen LogP contribution in [0.5, 0.6) is 0 Å². The van der Waals surface area contributed by atoms with E-state index in [0.717, 1.165) is 0 Å². The third-order valence-electron chi connectivity index (χ3n) is 1.74. The minimum atomic E-state index is -0.332. The summed E-state index contributed by atoms with van der Waals surface area (Å²) in [5.74, 6) is 0.360. The van der Waals surface area contributed by atoms with Crippen LogP contribution in [0.15, 0.2) is 17.1 Å². The van der Waals surface area contributed by atoms with Crippen LogP contribution in [0.25, 0.3) is 0 Å². The van der Waals surface area contributed by atoms with Gasteiger partial charge < -0.3 is 4.74 Å². The lowest BCUT2D eigenvalue weighted by Crippen LogP contribution is -2.08. The number of nitrogens with zero attached hydrogens (tertiary/aromatic N) is 1. The number of hydrogen-bond donors (Lipinski definition) is 0. The molecule has 3 nitrogen and oxygen atoms in total. The van der Waals surface area contributed by atoms with Crippen LogP contribution in [0.4, 0.5) is 0 Å². The van der Waals surface area contributed by atoms with Gasteiger partial charge in [-0.1, -0.05) is 6.58 Å². The molecule has 0 amide bonds. The summed E-state index contributed by atoms with van der Waals surface area (Å²) in [4.78, 5) is 15.0. The van der Waals surface area contributed by atoms with Gasteiger partial charge in [-0.2, -0.15) is 0 Å². The van der Waals surface area contributed by atoms with Gasteiger partial charge in [0.15, 0.2) is 0 Å². The second kappa shape index (κ2) is 4.80. The number of hydrogen-bond acceptors (Lipinski definition) is 3. The first kappa shape index (κ1) is 9.96. The van der Waals surface area contributed by atoms with Crippen molar-refractivity contribution < 1.29 is 9.53 Å². The molecule has 1 aliphatic rings. The smallest absolute Gasteiger partial charge is 0.333 e. The maximum atomic E-state index is 10.9. The van der Waals surface area contributed by atoms with Gasteiger partial charge in [0.05, 0.1) is 6.54 Å². The predicted octanol–water partition coefficient (Wildman–Crippen LogP) is 1.59. The average molecular weight is 181 g/mol. The van der Waals surface area contributed by atoms with E-state index in [1.54, 1.807) is 6.92 Å². The molecule has 0 unspecified atom stereocenters. The van der Waals surface area contributed by atoms with Crippen LogP contribution in [0, 0.1) is 5.92 Å². The number of esters is 1. The summed E-state index contributed by atoms with van der Waals surface area (Å²) < 4.78 is 4.85. The Bertz CT molecular complexity index is 229. The Kier molecular flexibility index (Phi) is 3.68. The van der Waals surface area contributed by atoms with Crippen LogP contribution < -0.4 is 0 Å². The molecule has 0 radical (unpaired) electrons. The SMILES string of the molecule is C=C(C)C(=O)OCCN=CC1CC1. The number of carbonyl (C=O) groups is 1. The average Bonchev–Trinajstić information content (AvgIpc) is 2.87. The van der Waals surface area contributed by atoms with Gasteiger partial charge in [-0.15, -0.1) is 0 Å². The highest BCUT2D eigenvalue weighted by atomic mass is 16.5. The Morgan fingerprint density at radius 1 is 1.69 bits per heavy atom. The molecule has 0 aromatic heterocycles. The summed E-state index contributed by atoms with van der Waals surface area (Å²) in [6.07, 6.45) is 4.47. The highest BCUT2D eigenvalue weighted by Crippen LogP contribution is 2.26. The molecule has 1 rings (SSSR count). The van der Waals surface area contributed by atoms with Gasteiger partial charge in [0.2, 0.25) is 0 Å². The monoisotopic (exact) mass is 181 g/mol. The fourth-order valence-electron chi connectivity index (χ4n) is 0.783. The zero-order valence-electron chi connectivity index (χ0n) is 7.95. The van der Waals surface area contributed by atoms with Crippen molar-refractivity contribution in [2.24, 2.45) is 10.9 Å². The van der Waals surface area contributed by atoms with Crippen molar-refractivity contribution in [2.45, 2.75) is 19.8 Å². The van der Waals surface area contributed by atoms with Gasteiger partial charge in [-0.05, 0) is 25.7 Å². The van der Waals surface area contributed by atoms with Crippen molar-refractivity contribution >= 4 is 12.2 Å². The molecule has 0 aliphatic heterocycles. The second-order valence-electron chi connectivity index (χ2n) is 3.31. The Balaban J connectivity index is 1.99. The van der Waals surface area contributed by atoms with Crippen molar-refractivity contribution in [1.29, 1.82) is 0 Å². The van der Waals surface area contributed by atoms with Crippen LogP contribution in [-0.2, 0) is 9.53 Å². The van der Waals surface area contributed by atoms with Gasteiger partial charge >= 0.3 is 5.97 Å². The molecule has 0 atom stereocenters. The maximum Gasteiger partial charge on any atom is 0.333 e. The summed E-state index contributed by atoms with van der Waals surface area (Å²) in [6, 6.07) is 0. The minimum Gasteiger partial charge on any atom is -0.460 e. The molecule has 0 N–H and O–H groups in total. The van der Waals surface area contributed by atoms with Crippen LogP contribution >= 0.6 is 0 Å². The van der Waals surface area contributed by atoms with E-state index in [1.807, 2.05) is 6.21 Å². The first-order valence-corrected chi connectivity index (χ1v) is 4.52. The molecule has 13 heavy (non-hydrogen) atoms. The molecule has 0 aromatic carbocycles. The van der Waals surface area contributed by atoms with Gasteiger partial charge in [-0.25, -0.2) is 4.79 Å². The lowest BCUT2D eigenvalue weighted by atomic mass is 10.4. The molecule has 3 heteroatoms. The van der Waals surface area contributed by atoms with Crippen LogP contribution in [0.3, 0.4) is 0 Å².